The zero-order valence-electron chi connectivity index (χ0n) is 12.7. The third-order valence-electron chi connectivity index (χ3n) is 4.42. The van der Waals surface area contributed by atoms with Gasteiger partial charge in [0.05, 0.1) is 0 Å². The number of hydrogen-bond donors (Lipinski definition) is 1. The molecule has 0 aromatic carbocycles. The Morgan fingerprint density at radius 3 is 2.44 bits per heavy atom. The summed E-state index contributed by atoms with van der Waals surface area (Å²) in [5.74, 6) is 1.76. The number of unbranched alkanes of at least 4 members (excludes halogenated alkanes) is 1. The van der Waals surface area contributed by atoms with Crippen LogP contribution >= 0.6 is 0 Å². The van der Waals surface area contributed by atoms with Crippen molar-refractivity contribution in [2.24, 2.45) is 11.8 Å². The van der Waals surface area contributed by atoms with Gasteiger partial charge in [-0.05, 0) is 44.1 Å². The molecule has 1 saturated heterocycles. The second-order valence-electron chi connectivity index (χ2n) is 5.77. The first-order valence-electron chi connectivity index (χ1n) is 8.12. The molecule has 0 aromatic rings. The molecule has 1 aliphatic rings. The van der Waals surface area contributed by atoms with E-state index in [9.17, 15) is 0 Å². The van der Waals surface area contributed by atoms with E-state index >= 15 is 0 Å². The number of hydrogen-bond acceptors (Lipinski definition) is 2. The Morgan fingerprint density at radius 1 is 1.17 bits per heavy atom. The van der Waals surface area contributed by atoms with Gasteiger partial charge in [-0.3, -0.25) is 0 Å². The molecule has 1 aliphatic heterocycles. The number of ether oxygens (including phenoxy) is 1. The van der Waals surface area contributed by atoms with E-state index in [4.69, 9.17) is 4.74 Å². The smallest absolute Gasteiger partial charge is 0.0468 e. The Balaban J connectivity index is 2.44. The number of rotatable bonds is 9. The van der Waals surface area contributed by atoms with Gasteiger partial charge in [0.15, 0.2) is 0 Å². The summed E-state index contributed by atoms with van der Waals surface area (Å²) < 4.78 is 5.47. The minimum atomic E-state index is 0.731. The zero-order chi connectivity index (χ0) is 13.2. The van der Waals surface area contributed by atoms with Gasteiger partial charge in [0.25, 0.3) is 0 Å². The van der Waals surface area contributed by atoms with E-state index in [0.29, 0.717) is 0 Å². The highest BCUT2D eigenvalue weighted by Crippen LogP contribution is 2.26. The Labute approximate surface area is 114 Å². The van der Waals surface area contributed by atoms with Gasteiger partial charge in [0.1, 0.15) is 0 Å². The summed E-state index contributed by atoms with van der Waals surface area (Å²) in [5.41, 5.74) is 0. The van der Waals surface area contributed by atoms with E-state index in [1.165, 1.54) is 44.9 Å². The van der Waals surface area contributed by atoms with Crippen molar-refractivity contribution in [3.63, 3.8) is 0 Å². The minimum Gasteiger partial charge on any atom is -0.381 e. The highest BCUT2D eigenvalue weighted by molar-refractivity contribution is 4.79. The van der Waals surface area contributed by atoms with Crippen molar-refractivity contribution >= 4 is 0 Å². The Morgan fingerprint density at radius 2 is 1.89 bits per heavy atom. The van der Waals surface area contributed by atoms with Crippen molar-refractivity contribution in [2.75, 3.05) is 19.8 Å². The standard InChI is InChI=1S/C16H33NO/c1-4-7-8-15(5-2)16(17-6-3)13-14-9-11-18-12-10-14/h14-17H,4-13H2,1-3H3. The van der Waals surface area contributed by atoms with Crippen LogP contribution in [0.3, 0.4) is 0 Å². The van der Waals surface area contributed by atoms with Gasteiger partial charge in [-0.15, -0.1) is 0 Å². The quantitative estimate of drug-likeness (QED) is 0.672. The summed E-state index contributed by atoms with van der Waals surface area (Å²) in [6.45, 7) is 9.96. The molecule has 0 radical (unpaired) electrons. The summed E-state index contributed by atoms with van der Waals surface area (Å²) >= 11 is 0. The highest BCUT2D eigenvalue weighted by Gasteiger charge is 2.24. The monoisotopic (exact) mass is 255 g/mol. The summed E-state index contributed by atoms with van der Waals surface area (Å²) in [4.78, 5) is 0. The molecule has 2 heteroatoms. The molecule has 1 N–H and O–H groups in total. The lowest BCUT2D eigenvalue weighted by Crippen LogP contribution is -2.38. The van der Waals surface area contributed by atoms with Gasteiger partial charge >= 0.3 is 0 Å². The van der Waals surface area contributed by atoms with Crippen LogP contribution in [0.2, 0.25) is 0 Å². The van der Waals surface area contributed by atoms with Crippen LogP contribution in [-0.4, -0.2) is 25.8 Å². The largest absolute Gasteiger partial charge is 0.381 e. The van der Waals surface area contributed by atoms with Crippen LogP contribution in [-0.2, 0) is 4.74 Å². The summed E-state index contributed by atoms with van der Waals surface area (Å²) in [7, 11) is 0. The van der Waals surface area contributed by atoms with E-state index in [-0.39, 0.29) is 0 Å². The lowest BCUT2D eigenvalue weighted by atomic mass is 9.83. The van der Waals surface area contributed by atoms with Crippen molar-refractivity contribution in [1.82, 2.24) is 5.32 Å². The first-order chi connectivity index (χ1) is 8.81. The SMILES string of the molecule is CCCCC(CC)C(CC1CCOCC1)NCC. The van der Waals surface area contributed by atoms with Crippen LogP contribution in [0, 0.1) is 11.8 Å². The van der Waals surface area contributed by atoms with Crippen molar-refractivity contribution in [3.8, 4) is 0 Å². The van der Waals surface area contributed by atoms with Gasteiger partial charge in [-0.2, -0.15) is 0 Å². The predicted molar refractivity (Wildman–Crippen MR) is 78.9 cm³/mol. The lowest BCUT2D eigenvalue weighted by Gasteiger charge is -2.32. The van der Waals surface area contributed by atoms with E-state index < -0.39 is 0 Å². The summed E-state index contributed by atoms with van der Waals surface area (Å²) in [6.07, 6.45) is 9.33. The molecule has 0 bridgehead atoms. The molecule has 2 atom stereocenters. The van der Waals surface area contributed by atoms with Crippen molar-refractivity contribution in [3.05, 3.63) is 0 Å². The average Bonchev–Trinajstić information content (AvgIpc) is 2.41. The molecule has 0 aromatic heterocycles. The molecular formula is C16H33NO. The third kappa shape index (κ3) is 5.71. The van der Waals surface area contributed by atoms with Gasteiger partial charge in [-0.25, -0.2) is 0 Å². The fourth-order valence-electron chi connectivity index (χ4n) is 3.20. The Kier molecular flexibility index (Phi) is 8.70. The molecule has 18 heavy (non-hydrogen) atoms. The van der Waals surface area contributed by atoms with Crippen LogP contribution in [0.25, 0.3) is 0 Å². The van der Waals surface area contributed by atoms with E-state index in [2.05, 4.69) is 26.1 Å². The second kappa shape index (κ2) is 9.80. The van der Waals surface area contributed by atoms with Gasteiger partial charge in [-0.1, -0.05) is 40.0 Å². The average molecular weight is 255 g/mol. The fraction of sp³-hybridized carbons (Fsp3) is 1.00. The van der Waals surface area contributed by atoms with E-state index in [0.717, 1.165) is 37.6 Å². The number of nitrogens with one attached hydrogen (secondary N) is 1. The Bertz CT molecular complexity index is 190. The van der Waals surface area contributed by atoms with Crippen LogP contribution < -0.4 is 5.32 Å². The molecule has 1 heterocycles. The molecule has 0 aliphatic carbocycles. The molecule has 0 spiro atoms. The topological polar surface area (TPSA) is 21.3 Å². The second-order valence-corrected chi connectivity index (χ2v) is 5.77. The normalized spacial score (nSPS) is 20.8. The maximum Gasteiger partial charge on any atom is 0.0468 e. The van der Waals surface area contributed by atoms with Crippen LogP contribution in [0.1, 0.15) is 65.7 Å². The van der Waals surface area contributed by atoms with Gasteiger partial charge in [0, 0.05) is 19.3 Å². The van der Waals surface area contributed by atoms with Crippen molar-refractivity contribution in [2.45, 2.75) is 71.8 Å². The van der Waals surface area contributed by atoms with E-state index in [1.807, 2.05) is 0 Å². The highest BCUT2D eigenvalue weighted by atomic mass is 16.5. The lowest BCUT2D eigenvalue weighted by molar-refractivity contribution is 0.0574. The molecule has 2 nitrogen and oxygen atoms in total. The van der Waals surface area contributed by atoms with Gasteiger partial charge < -0.3 is 10.1 Å². The van der Waals surface area contributed by atoms with Gasteiger partial charge in [0.2, 0.25) is 0 Å². The van der Waals surface area contributed by atoms with Crippen molar-refractivity contribution < 1.29 is 4.74 Å². The Hall–Kier alpha value is -0.0800. The van der Waals surface area contributed by atoms with Crippen LogP contribution in [0.5, 0.6) is 0 Å². The maximum absolute atomic E-state index is 5.47. The minimum absolute atomic E-state index is 0.731. The van der Waals surface area contributed by atoms with Crippen molar-refractivity contribution in [1.29, 1.82) is 0 Å². The summed E-state index contributed by atoms with van der Waals surface area (Å²) in [6, 6.07) is 0.731. The third-order valence-corrected chi connectivity index (χ3v) is 4.42. The molecular weight excluding hydrogens is 222 g/mol. The molecule has 0 amide bonds. The maximum atomic E-state index is 5.47. The summed E-state index contributed by atoms with van der Waals surface area (Å²) in [5, 5.41) is 3.75. The molecule has 1 fully saturated rings. The predicted octanol–water partition coefficient (Wildman–Crippen LogP) is 4.00. The van der Waals surface area contributed by atoms with E-state index in [1.54, 1.807) is 0 Å². The van der Waals surface area contributed by atoms with Crippen LogP contribution in [0.4, 0.5) is 0 Å². The fourth-order valence-corrected chi connectivity index (χ4v) is 3.20. The molecule has 1 rings (SSSR count). The molecule has 0 saturated carbocycles. The zero-order valence-corrected chi connectivity index (χ0v) is 12.7. The molecule has 2 unspecified atom stereocenters. The first-order valence-corrected chi connectivity index (χ1v) is 8.12. The van der Waals surface area contributed by atoms with Crippen LogP contribution in [0.15, 0.2) is 0 Å². The molecule has 108 valence electrons. The first kappa shape index (κ1) is 16.0.